The third kappa shape index (κ3) is 5.30. The molecule has 1 aromatic heterocycles. The van der Waals surface area contributed by atoms with Crippen LogP contribution in [0.25, 0.3) is 0 Å². The molecule has 2 atom stereocenters. The lowest BCUT2D eigenvalue weighted by Gasteiger charge is -2.31. The van der Waals surface area contributed by atoms with Crippen LogP contribution in [-0.2, 0) is 11.2 Å². The molecule has 0 saturated carbocycles. The van der Waals surface area contributed by atoms with Crippen LogP contribution in [0, 0.1) is 0 Å². The predicted molar refractivity (Wildman–Crippen MR) is 137 cm³/mol. The van der Waals surface area contributed by atoms with E-state index in [0.29, 0.717) is 29.8 Å². The minimum Gasteiger partial charge on any atom is -0.497 e. The van der Waals surface area contributed by atoms with Crippen LogP contribution in [-0.4, -0.2) is 27.8 Å². The molecular weight excluding hydrogens is 462 g/mol. The van der Waals surface area contributed by atoms with Gasteiger partial charge in [-0.25, -0.2) is 4.68 Å². The highest BCUT2D eigenvalue weighted by molar-refractivity contribution is 6.30. The highest BCUT2D eigenvalue weighted by Crippen LogP contribution is 2.38. The van der Waals surface area contributed by atoms with E-state index in [2.05, 4.69) is 20.7 Å². The molecule has 4 aromatic rings. The lowest BCUT2D eigenvalue weighted by Crippen LogP contribution is -2.28. The van der Waals surface area contributed by atoms with Gasteiger partial charge in [0, 0.05) is 11.4 Å². The Morgan fingerprint density at radius 2 is 1.77 bits per heavy atom. The van der Waals surface area contributed by atoms with Crippen LogP contribution in [0.5, 0.6) is 5.75 Å². The molecule has 1 amide bonds. The summed E-state index contributed by atoms with van der Waals surface area (Å²) >= 11 is 6.10. The van der Waals surface area contributed by atoms with Crippen molar-refractivity contribution in [2.75, 3.05) is 17.7 Å². The molecule has 0 saturated heterocycles. The monoisotopic (exact) mass is 487 g/mol. The lowest BCUT2D eigenvalue weighted by atomic mass is 9.93. The standard InChI is InChI=1S/C27H26ClN5O2/c1-35-22-14-10-20(11-15-22)24-17-23(19-8-12-21(28)13-9-19)29-27-31-26(32-33(24)27)30-25(34)16-7-18-5-3-2-4-6-18/h2-6,8-15,23-24H,7,16-17H2,1H3,(H2,29,30,31,32,34). The van der Waals surface area contributed by atoms with Gasteiger partial charge in [0.25, 0.3) is 5.95 Å². The maximum Gasteiger partial charge on any atom is 0.250 e. The van der Waals surface area contributed by atoms with Gasteiger partial charge in [-0.2, -0.15) is 4.98 Å². The number of nitrogens with zero attached hydrogens (tertiary/aromatic N) is 3. The van der Waals surface area contributed by atoms with E-state index in [0.717, 1.165) is 28.9 Å². The highest BCUT2D eigenvalue weighted by Gasteiger charge is 2.31. The molecule has 0 radical (unpaired) electrons. The van der Waals surface area contributed by atoms with E-state index in [1.54, 1.807) is 7.11 Å². The van der Waals surface area contributed by atoms with Crippen molar-refractivity contribution in [1.29, 1.82) is 0 Å². The predicted octanol–water partition coefficient (Wildman–Crippen LogP) is 5.66. The van der Waals surface area contributed by atoms with E-state index in [1.165, 1.54) is 0 Å². The Labute approximate surface area is 209 Å². The van der Waals surface area contributed by atoms with Gasteiger partial charge in [0.1, 0.15) is 5.75 Å². The number of anilines is 2. The lowest BCUT2D eigenvalue weighted by molar-refractivity contribution is -0.116. The summed E-state index contributed by atoms with van der Waals surface area (Å²) in [5, 5.41) is 11.7. The quantitative estimate of drug-likeness (QED) is 0.351. The van der Waals surface area contributed by atoms with Crippen LogP contribution in [0.2, 0.25) is 5.02 Å². The minimum atomic E-state index is -0.118. The van der Waals surface area contributed by atoms with Gasteiger partial charge in [-0.1, -0.05) is 66.2 Å². The summed E-state index contributed by atoms with van der Waals surface area (Å²) < 4.78 is 7.17. The number of carbonyl (C=O) groups is 1. The first kappa shape index (κ1) is 22.9. The zero-order valence-electron chi connectivity index (χ0n) is 19.3. The zero-order valence-corrected chi connectivity index (χ0v) is 20.1. The Morgan fingerprint density at radius 3 is 2.49 bits per heavy atom. The van der Waals surface area contributed by atoms with Crippen LogP contribution in [0.4, 0.5) is 11.9 Å². The third-order valence-corrected chi connectivity index (χ3v) is 6.45. The first-order valence-corrected chi connectivity index (χ1v) is 11.9. The molecule has 35 heavy (non-hydrogen) atoms. The van der Waals surface area contributed by atoms with Gasteiger partial charge in [0.15, 0.2) is 0 Å². The summed E-state index contributed by atoms with van der Waals surface area (Å²) in [6.45, 7) is 0. The number of nitrogens with one attached hydrogen (secondary N) is 2. The van der Waals surface area contributed by atoms with Gasteiger partial charge in [-0.05, 0) is 53.8 Å². The number of rotatable bonds is 7. The van der Waals surface area contributed by atoms with Gasteiger partial charge in [-0.15, -0.1) is 5.10 Å². The Kier molecular flexibility index (Phi) is 6.68. The van der Waals surface area contributed by atoms with Gasteiger partial charge < -0.3 is 10.1 Å². The van der Waals surface area contributed by atoms with Crippen LogP contribution in [0.3, 0.4) is 0 Å². The highest BCUT2D eigenvalue weighted by atomic mass is 35.5. The molecule has 0 bridgehead atoms. The maximum atomic E-state index is 12.6. The summed E-state index contributed by atoms with van der Waals surface area (Å²) in [5.41, 5.74) is 3.31. The van der Waals surface area contributed by atoms with Gasteiger partial charge in [0.2, 0.25) is 11.9 Å². The number of ether oxygens (including phenoxy) is 1. The number of amides is 1. The molecule has 0 fully saturated rings. The molecule has 2 unspecified atom stereocenters. The largest absolute Gasteiger partial charge is 0.497 e. The van der Waals surface area contributed by atoms with Crippen LogP contribution < -0.4 is 15.4 Å². The van der Waals surface area contributed by atoms with E-state index in [-0.39, 0.29) is 18.0 Å². The number of halogens is 1. The molecule has 1 aliphatic rings. The average molecular weight is 488 g/mol. The van der Waals surface area contributed by atoms with Gasteiger partial charge in [-0.3, -0.25) is 10.1 Å². The van der Waals surface area contributed by atoms with E-state index < -0.39 is 0 Å². The number of methoxy groups -OCH3 is 1. The van der Waals surface area contributed by atoms with E-state index in [9.17, 15) is 4.79 Å². The van der Waals surface area contributed by atoms with Crippen LogP contribution in [0.15, 0.2) is 78.9 Å². The fourth-order valence-corrected chi connectivity index (χ4v) is 4.46. The molecule has 3 aromatic carbocycles. The number of benzene rings is 3. The SMILES string of the molecule is COc1ccc(C2CC(c3ccc(Cl)cc3)Nc3nc(NC(=O)CCc4ccccc4)nn32)cc1. The number of hydrogen-bond acceptors (Lipinski definition) is 5. The van der Waals surface area contributed by atoms with Crippen molar-refractivity contribution in [3.8, 4) is 5.75 Å². The van der Waals surface area contributed by atoms with Gasteiger partial charge in [0.05, 0.1) is 19.2 Å². The number of hydrogen-bond donors (Lipinski definition) is 2. The molecule has 2 heterocycles. The Bertz CT molecular complexity index is 1290. The summed E-state index contributed by atoms with van der Waals surface area (Å²) in [6, 6.07) is 25.7. The second-order valence-electron chi connectivity index (χ2n) is 8.51. The molecule has 8 heteroatoms. The number of carbonyl (C=O) groups excluding carboxylic acids is 1. The summed E-state index contributed by atoms with van der Waals surface area (Å²) in [6.07, 6.45) is 1.77. The minimum absolute atomic E-state index is 0.0118. The number of aromatic nitrogens is 3. The number of aryl methyl sites for hydroxylation is 1. The van der Waals surface area contributed by atoms with E-state index in [4.69, 9.17) is 16.3 Å². The van der Waals surface area contributed by atoms with Crippen molar-refractivity contribution in [2.24, 2.45) is 0 Å². The maximum absolute atomic E-state index is 12.6. The van der Waals surface area contributed by atoms with E-state index in [1.807, 2.05) is 83.5 Å². The second-order valence-corrected chi connectivity index (χ2v) is 8.95. The Hall–Kier alpha value is -3.84. The second kappa shape index (κ2) is 10.2. The van der Waals surface area contributed by atoms with Gasteiger partial charge >= 0.3 is 0 Å². The zero-order chi connectivity index (χ0) is 24.2. The van der Waals surface area contributed by atoms with Crippen LogP contribution >= 0.6 is 11.6 Å². The fraction of sp³-hybridized carbons (Fsp3) is 0.222. The topological polar surface area (TPSA) is 81.1 Å². The number of fused-ring (bicyclic) bond motifs is 1. The molecule has 0 aliphatic carbocycles. The summed E-state index contributed by atoms with van der Waals surface area (Å²) in [7, 11) is 1.65. The Balaban J connectivity index is 1.38. The molecule has 0 spiro atoms. The molecule has 1 aliphatic heterocycles. The first-order valence-electron chi connectivity index (χ1n) is 11.6. The molecule has 2 N–H and O–H groups in total. The van der Waals surface area contributed by atoms with Crippen molar-refractivity contribution in [3.05, 3.63) is 101 Å². The molecule has 178 valence electrons. The van der Waals surface area contributed by atoms with Crippen molar-refractivity contribution in [1.82, 2.24) is 14.8 Å². The van der Waals surface area contributed by atoms with E-state index >= 15 is 0 Å². The van der Waals surface area contributed by atoms with Crippen molar-refractivity contribution < 1.29 is 9.53 Å². The normalized spacial score (nSPS) is 16.7. The van der Waals surface area contributed by atoms with Crippen molar-refractivity contribution in [3.63, 3.8) is 0 Å². The third-order valence-electron chi connectivity index (χ3n) is 6.20. The van der Waals surface area contributed by atoms with Crippen molar-refractivity contribution >= 4 is 29.4 Å². The molecular formula is C27H26ClN5O2. The summed E-state index contributed by atoms with van der Waals surface area (Å²) in [5.74, 6) is 1.57. The molecule has 5 rings (SSSR count). The van der Waals surface area contributed by atoms with Crippen molar-refractivity contribution in [2.45, 2.75) is 31.3 Å². The summed E-state index contributed by atoms with van der Waals surface area (Å²) in [4.78, 5) is 17.2. The Morgan fingerprint density at radius 1 is 1.06 bits per heavy atom. The first-order chi connectivity index (χ1) is 17.1. The smallest absolute Gasteiger partial charge is 0.250 e. The fourth-order valence-electron chi connectivity index (χ4n) is 4.34. The molecule has 7 nitrogen and oxygen atoms in total. The average Bonchev–Trinajstić information content (AvgIpc) is 3.30. The van der Waals surface area contributed by atoms with Crippen LogP contribution in [0.1, 0.15) is 41.6 Å².